The number of piperidine rings is 1. The highest BCUT2D eigenvalue weighted by atomic mass is 19.1. The predicted molar refractivity (Wildman–Crippen MR) is 85.5 cm³/mol. The van der Waals surface area contributed by atoms with Crippen LogP contribution in [0.4, 0.5) is 8.78 Å². The zero-order valence-corrected chi connectivity index (χ0v) is 14.1. The molecule has 2 N–H and O–H groups in total. The molecule has 0 radical (unpaired) electrons. The minimum Gasteiger partial charge on any atom is -0.382 e. The van der Waals surface area contributed by atoms with Gasteiger partial charge in [-0.05, 0) is 32.8 Å². The zero-order chi connectivity index (χ0) is 18.2. The third-order valence-electron chi connectivity index (χ3n) is 4.79. The molecule has 25 heavy (non-hydrogen) atoms. The molecule has 1 aliphatic rings. The van der Waals surface area contributed by atoms with Crippen molar-refractivity contribution in [3.63, 3.8) is 0 Å². The van der Waals surface area contributed by atoms with Gasteiger partial charge in [-0.15, -0.1) is 0 Å². The molecule has 1 amide bonds. The van der Waals surface area contributed by atoms with E-state index in [9.17, 15) is 18.7 Å². The number of amides is 1. The summed E-state index contributed by atoms with van der Waals surface area (Å²) in [5.74, 6) is -1.79. The molecule has 1 unspecified atom stereocenters. The Kier molecular flexibility index (Phi) is 4.32. The summed E-state index contributed by atoms with van der Waals surface area (Å²) in [6.45, 7) is 3.68. The topological polar surface area (TPSA) is 82.1 Å². The van der Waals surface area contributed by atoms with Crippen LogP contribution in [-0.2, 0) is 15.8 Å². The summed E-state index contributed by atoms with van der Waals surface area (Å²) >= 11 is 0. The van der Waals surface area contributed by atoms with Crippen LogP contribution >= 0.6 is 0 Å². The second-order valence-corrected chi connectivity index (χ2v) is 6.97. The molecule has 0 saturated carbocycles. The van der Waals surface area contributed by atoms with Gasteiger partial charge in [0.2, 0.25) is 5.91 Å². The van der Waals surface area contributed by atoms with E-state index < -0.39 is 22.7 Å². The summed E-state index contributed by atoms with van der Waals surface area (Å²) in [4.78, 5) is 14.5. The first-order valence-electron chi connectivity index (χ1n) is 8.07. The Bertz CT molecular complexity index is 779. The lowest BCUT2D eigenvalue weighted by Gasteiger charge is -2.41. The first kappa shape index (κ1) is 17.5. The summed E-state index contributed by atoms with van der Waals surface area (Å²) in [5.41, 5.74) is -2.00. The number of carbonyl (C=O) groups is 1. The molecule has 0 bridgehead atoms. The van der Waals surface area contributed by atoms with E-state index >= 15 is 0 Å². The summed E-state index contributed by atoms with van der Waals surface area (Å²) in [5, 5.41) is 20.9. The van der Waals surface area contributed by atoms with Crippen molar-refractivity contribution < 1.29 is 18.7 Å². The van der Waals surface area contributed by atoms with Crippen molar-refractivity contribution >= 4 is 5.91 Å². The van der Waals surface area contributed by atoms with Crippen LogP contribution < -0.4 is 0 Å². The number of H-pyrrole nitrogens is 1. The number of nitrogens with one attached hydrogen (secondary N) is 1. The van der Waals surface area contributed by atoms with Gasteiger partial charge in [-0.25, -0.2) is 8.78 Å². The number of likely N-dealkylation sites (tertiary alicyclic amines) is 1. The fraction of sp³-hybridized carbons (Fsp3) is 0.471. The molecule has 1 saturated heterocycles. The smallest absolute Gasteiger partial charge is 0.232 e. The quantitative estimate of drug-likeness (QED) is 0.885. The number of rotatable bonds is 3. The fourth-order valence-electron chi connectivity index (χ4n) is 3.35. The van der Waals surface area contributed by atoms with E-state index in [1.54, 1.807) is 13.8 Å². The van der Waals surface area contributed by atoms with Gasteiger partial charge in [0.25, 0.3) is 0 Å². The maximum atomic E-state index is 14.2. The molecule has 1 atom stereocenters. The van der Waals surface area contributed by atoms with E-state index in [1.807, 2.05) is 0 Å². The lowest BCUT2D eigenvalue weighted by atomic mass is 9.81. The number of carbonyl (C=O) groups excluding carboxylic acids is 1. The standard InChI is InChI=1S/C17H20F2N4O2/c1-16(2,12-5-4-11(18)8-13(12)19)15(24)23-7-3-6-17(25,10-23)14-9-20-22-21-14/h4-5,8-9,25H,3,6-7,10H2,1-2H3,(H,20,21,22). The van der Waals surface area contributed by atoms with Crippen molar-refractivity contribution in [1.29, 1.82) is 0 Å². The molecular formula is C17H20F2N4O2. The summed E-state index contributed by atoms with van der Waals surface area (Å²) in [7, 11) is 0. The second kappa shape index (κ2) is 6.18. The van der Waals surface area contributed by atoms with Crippen LogP contribution in [0.15, 0.2) is 24.4 Å². The maximum Gasteiger partial charge on any atom is 0.232 e. The number of aromatic amines is 1. The predicted octanol–water partition coefficient (Wildman–Crippen LogP) is 1.87. The minimum atomic E-state index is -1.29. The van der Waals surface area contributed by atoms with Gasteiger partial charge >= 0.3 is 0 Å². The van der Waals surface area contributed by atoms with Gasteiger partial charge in [-0.3, -0.25) is 4.79 Å². The second-order valence-electron chi connectivity index (χ2n) is 6.97. The van der Waals surface area contributed by atoms with E-state index in [1.165, 1.54) is 17.2 Å². The Hall–Kier alpha value is -2.35. The molecule has 1 aromatic heterocycles. The molecule has 1 fully saturated rings. The largest absolute Gasteiger partial charge is 0.382 e. The molecule has 0 spiro atoms. The van der Waals surface area contributed by atoms with Crippen molar-refractivity contribution in [2.75, 3.05) is 13.1 Å². The number of aromatic nitrogens is 3. The number of hydrogen-bond donors (Lipinski definition) is 2. The van der Waals surface area contributed by atoms with E-state index in [0.29, 0.717) is 25.1 Å². The SMILES string of the molecule is CC(C)(C(=O)N1CCCC(O)(c2cn[nH]n2)C1)c1ccc(F)cc1F. The molecule has 2 heterocycles. The lowest BCUT2D eigenvalue weighted by molar-refractivity contribution is -0.144. The summed E-state index contributed by atoms with van der Waals surface area (Å²) in [6.07, 6.45) is 2.46. The molecular weight excluding hydrogens is 330 g/mol. The van der Waals surface area contributed by atoms with Crippen molar-refractivity contribution in [1.82, 2.24) is 20.3 Å². The molecule has 1 aliphatic heterocycles. The number of aliphatic hydroxyl groups is 1. The highest BCUT2D eigenvalue weighted by Crippen LogP contribution is 2.34. The lowest BCUT2D eigenvalue weighted by Crippen LogP contribution is -2.53. The Labute approximate surface area is 143 Å². The van der Waals surface area contributed by atoms with E-state index in [2.05, 4.69) is 15.4 Å². The number of β-amino-alcohol motifs (C(OH)–C–C–N with tert-alkyl or cyclic N) is 1. The van der Waals surface area contributed by atoms with Gasteiger partial charge in [0.05, 0.1) is 18.2 Å². The van der Waals surface area contributed by atoms with Gasteiger partial charge in [0.1, 0.15) is 22.9 Å². The van der Waals surface area contributed by atoms with Gasteiger partial charge < -0.3 is 10.0 Å². The molecule has 2 aromatic rings. The van der Waals surface area contributed by atoms with Gasteiger partial charge in [-0.1, -0.05) is 6.07 Å². The van der Waals surface area contributed by atoms with E-state index in [4.69, 9.17) is 0 Å². The van der Waals surface area contributed by atoms with Crippen LogP contribution in [0.25, 0.3) is 0 Å². The highest BCUT2D eigenvalue weighted by molar-refractivity contribution is 5.87. The molecule has 8 heteroatoms. The van der Waals surface area contributed by atoms with E-state index in [0.717, 1.165) is 12.1 Å². The Balaban J connectivity index is 1.86. The van der Waals surface area contributed by atoms with E-state index in [-0.39, 0.29) is 18.0 Å². The highest BCUT2D eigenvalue weighted by Gasteiger charge is 2.43. The summed E-state index contributed by atoms with van der Waals surface area (Å²) in [6, 6.07) is 3.19. The average Bonchev–Trinajstić information content (AvgIpc) is 3.09. The average molecular weight is 350 g/mol. The van der Waals surface area contributed by atoms with Crippen LogP contribution in [0.2, 0.25) is 0 Å². The van der Waals surface area contributed by atoms with Crippen LogP contribution in [0.3, 0.4) is 0 Å². The van der Waals surface area contributed by atoms with Crippen LogP contribution in [-0.4, -0.2) is 44.4 Å². The third kappa shape index (κ3) is 3.13. The van der Waals surface area contributed by atoms with Gasteiger partial charge in [0.15, 0.2) is 0 Å². The third-order valence-corrected chi connectivity index (χ3v) is 4.79. The van der Waals surface area contributed by atoms with Crippen molar-refractivity contribution in [3.05, 3.63) is 47.3 Å². The van der Waals surface area contributed by atoms with Crippen molar-refractivity contribution in [3.8, 4) is 0 Å². The van der Waals surface area contributed by atoms with Crippen molar-refractivity contribution in [2.24, 2.45) is 0 Å². The molecule has 3 rings (SSSR count). The Morgan fingerprint density at radius 1 is 1.40 bits per heavy atom. The molecule has 1 aromatic carbocycles. The van der Waals surface area contributed by atoms with Crippen LogP contribution in [0.5, 0.6) is 0 Å². The monoisotopic (exact) mass is 350 g/mol. The minimum absolute atomic E-state index is 0.0462. The Morgan fingerprint density at radius 2 is 2.16 bits per heavy atom. The maximum absolute atomic E-state index is 14.2. The first-order valence-corrected chi connectivity index (χ1v) is 8.07. The fourth-order valence-corrected chi connectivity index (χ4v) is 3.35. The Morgan fingerprint density at radius 3 is 2.80 bits per heavy atom. The molecule has 0 aliphatic carbocycles. The van der Waals surface area contributed by atoms with Crippen LogP contribution in [0, 0.1) is 11.6 Å². The number of hydrogen-bond acceptors (Lipinski definition) is 4. The first-order chi connectivity index (χ1) is 11.7. The number of halogens is 2. The van der Waals surface area contributed by atoms with Gasteiger partial charge in [-0.2, -0.15) is 15.4 Å². The van der Waals surface area contributed by atoms with Crippen molar-refractivity contribution in [2.45, 2.75) is 37.7 Å². The van der Waals surface area contributed by atoms with Gasteiger partial charge in [0, 0.05) is 18.2 Å². The normalized spacial score (nSPS) is 21.4. The molecule has 6 nitrogen and oxygen atoms in total. The number of benzene rings is 1. The molecule has 134 valence electrons. The van der Waals surface area contributed by atoms with Crippen LogP contribution in [0.1, 0.15) is 37.9 Å². The number of nitrogens with zero attached hydrogens (tertiary/aromatic N) is 3. The summed E-state index contributed by atoms with van der Waals surface area (Å²) < 4.78 is 27.3. The zero-order valence-electron chi connectivity index (χ0n) is 14.1.